The van der Waals surface area contributed by atoms with Gasteiger partial charge in [0.05, 0.1) is 0 Å². The van der Waals surface area contributed by atoms with Gasteiger partial charge in [0.25, 0.3) is 0 Å². The molecule has 118 valence electrons. The van der Waals surface area contributed by atoms with Gasteiger partial charge < -0.3 is 11.1 Å². The number of hydrogen-bond donors (Lipinski definition) is 2. The predicted molar refractivity (Wildman–Crippen MR) is 89.8 cm³/mol. The van der Waals surface area contributed by atoms with Crippen LogP contribution in [0.1, 0.15) is 44.2 Å². The topological polar surface area (TPSA) is 55.1 Å². The number of hydrogen-bond acceptors (Lipinski definition) is 2. The molecule has 0 saturated heterocycles. The summed E-state index contributed by atoms with van der Waals surface area (Å²) in [6.07, 6.45) is 2.73. The smallest absolute Gasteiger partial charge is 0.223 e. The number of benzene rings is 1. The zero-order valence-electron chi connectivity index (χ0n) is 13.2. The number of halogens is 1. The number of nitrogens with two attached hydrogens (primary N) is 1. The van der Waals surface area contributed by atoms with Crippen molar-refractivity contribution in [3.05, 3.63) is 35.4 Å². The highest BCUT2D eigenvalue weighted by Crippen LogP contribution is 2.26. The van der Waals surface area contributed by atoms with Gasteiger partial charge in [0.1, 0.15) is 0 Å². The first-order valence-corrected chi connectivity index (χ1v) is 7.49. The molecule has 3 N–H and O–H groups in total. The van der Waals surface area contributed by atoms with Gasteiger partial charge in [-0.2, -0.15) is 0 Å². The van der Waals surface area contributed by atoms with Crippen LogP contribution in [-0.4, -0.2) is 18.5 Å². The Morgan fingerprint density at radius 2 is 1.90 bits per heavy atom. The lowest BCUT2D eigenvalue weighted by molar-refractivity contribution is -0.125. The van der Waals surface area contributed by atoms with Crippen molar-refractivity contribution in [3.63, 3.8) is 0 Å². The molecule has 1 amide bonds. The molecule has 1 aliphatic carbocycles. The van der Waals surface area contributed by atoms with Crippen molar-refractivity contribution < 1.29 is 4.79 Å². The second kappa shape index (κ2) is 7.28. The SMILES string of the molecule is Cc1ccc(C(C)(C)CNC(=O)C2CCC(N)C2)cc1.Cl. The van der Waals surface area contributed by atoms with E-state index in [1.165, 1.54) is 11.1 Å². The van der Waals surface area contributed by atoms with E-state index in [-0.39, 0.29) is 35.7 Å². The first-order chi connectivity index (χ1) is 9.38. The van der Waals surface area contributed by atoms with Gasteiger partial charge in [-0.25, -0.2) is 0 Å². The Kier molecular flexibility index (Phi) is 6.24. The van der Waals surface area contributed by atoms with Crippen molar-refractivity contribution in [1.82, 2.24) is 5.32 Å². The van der Waals surface area contributed by atoms with Crippen LogP contribution in [0, 0.1) is 12.8 Å². The van der Waals surface area contributed by atoms with E-state index >= 15 is 0 Å². The van der Waals surface area contributed by atoms with Crippen LogP contribution in [0.15, 0.2) is 24.3 Å². The number of aryl methyl sites for hydroxylation is 1. The van der Waals surface area contributed by atoms with Crippen LogP contribution >= 0.6 is 12.4 Å². The highest BCUT2D eigenvalue weighted by Gasteiger charge is 2.29. The summed E-state index contributed by atoms with van der Waals surface area (Å²) in [6, 6.07) is 8.74. The van der Waals surface area contributed by atoms with Crippen LogP contribution < -0.4 is 11.1 Å². The fourth-order valence-electron chi connectivity index (χ4n) is 2.81. The molecule has 0 spiro atoms. The van der Waals surface area contributed by atoms with Gasteiger partial charge in [-0.3, -0.25) is 4.79 Å². The van der Waals surface area contributed by atoms with Crippen LogP contribution in [0.5, 0.6) is 0 Å². The lowest BCUT2D eigenvalue weighted by Crippen LogP contribution is -2.39. The maximum absolute atomic E-state index is 12.2. The number of carbonyl (C=O) groups is 1. The predicted octanol–water partition coefficient (Wildman–Crippen LogP) is 2.94. The Balaban J connectivity index is 0.00000220. The van der Waals surface area contributed by atoms with Crippen molar-refractivity contribution >= 4 is 18.3 Å². The number of nitrogens with one attached hydrogen (secondary N) is 1. The first-order valence-electron chi connectivity index (χ1n) is 7.49. The van der Waals surface area contributed by atoms with E-state index in [4.69, 9.17) is 5.73 Å². The van der Waals surface area contributed by atoms with E-state index in [0.717, 1.165) is 19.3 Å². The molecular formula is C17H27ClN2O. The van der Waals surface area contributed by atoms with E-state index in [1.807, 2.05) is 0 Å². The van der Waals surface area contributed by atoms with E-state index in [2.05, 4.69) is 50.4 Å². The normalized spacial score (nSPS) is 21.7. The third-order valence-corrected chi connectivity index (χ3v) is 4.38. The minimum absolute atomic E-state index is 0. The zero-order chi connectivity index (χ0) is 14.8. The molecule has 0 heterocycles. The van der Waals surface area contributed by atoms with E-state index < -0.39 is 0 Å². The maximum atomic E-state index is 12.2. The summed E-state index contributed by atoms with van der Waals surface area (Å²) in [7, 11) is 0. The van der Waals surface area contributed by atoms with Crippen molar-refractivity contribution in [2.24, 2.45) is 11.7 Å². The first kappa shape index (κ1) is 18.0. The molecule has 1 aromatic rings. The molecule has 2 rings (SSSR count). The van der Waals surface area contributed by atoms with Crippen LogP contribution in [0.4, 0.5) is 0 Å². The molecule has 1 aromatic carbocycles. The van der Waals surface area contributed by atoms with E-state index in [1.54, 1.807) is 0 Å². The summed E-state index contributed by atoms with van der Waals surface area (Å²) in [4.78, 5) is 12.2. The summed E-state index contributed by atoms with van der Waals surface area (Å²) in [5.74, 6) is 0.275. The molecule has 0 aliphatic heterocycles. The fraction of sp³-hybridized carbons (Fsp3) is 0.588. The number of rotatable bonds is 4. The second-order valence-electron chi connectivity index (χ2n) is 6.74. The summed E-state index contributed by atoms with van der Waals surface area (Å²) in [5.41, 5.74) is 8.33. The Labute approximate surface area is 134 Å². The minimum Gasteiger partial charge on any atom is -0.355 e. The molecule has 0 aromatic heterocycles. The van der Waals surface area contributed by atoms with Gasteiger partial charge >= 0.3 is 0 Å². The molecule has 1 saturated carbocycles. The van der Waals surface area contributed by atoms with Gasteiger partial charge in [0, 0.05) is 23.9 Å². The Bertz CT molecular complexity index is 470. The maximum Gasteiger partial charge on any atom is 0.223 e. The van der Waals surface area contributed by atoms with Crippen molar-refractivity contribution in [2.75, 3.05) is 6.54 Å². The van der Waals surface area contributed by atoms with Gasteiger partial charge in [0.15, 0.2) is 0 Å². The van der Waals surface area contributed by atoms with Gasteiger partial charge in [-0.05, 0) is 31.7 Å². The summed E-state index contributed by atoms with van der Waals surface area (Å²) in [6.45, 7) is 7.08. The van der Waals surface area contributed by atoms with Crippen LogP contribution in [-0.2, 0) is 10.2 Å². The van der Waals surface area contributed by atoms with Gasteiger partial charge in [0.2, 0.25) is 5.91 Å². The molecule has 0 bridgehead atoms. The molecule has 0 radical (unpaired) electrons. The standard InChI is InChI=1S/C17H26N2O.ClH/c1-12-4-7-14(8-5-12)17(2,3)11-19-16(20)13-6-9-15(18)10-13;/h4-5,7-8,13,15H,6,9-11,18H2,1-3H3,(H,19,20);1H. The lowest BCUT2D eigenvalue weighted by atomic mass is 9.84. The number of carbonyl (C=O) groups excluding carboxylic acids is 1. The largest absolute Gasteiger partial charge is 0.355 e. The van der Waals surface area contributed by atoms with Gasteiger partial charge in [-0.1, -0.05) is 43.7 Å². The highest BCUT2D eigenvalue weighted by molar-refractivity contribution is 5.85. The molecule has 3 nitrogen and oxygen atoms in total. The Hall–Kier alpha value is -1.06. The van der Waals surface area contributed by atoms with Crippen molar-refractivity contribution in [1.29, 1.82) is 0 Å². The molecule has 4 heteroatoms. The van der Waals surface area contributed by atoms with Crippen molar-refractivity contribution in [2.45, 2.75) is 51.5 Å². The molecule has 1 fully saturated rings. The van der Waals surface area contributed by atoms with E-state index in [9.17, 15) is 4.79 Å². The quantitative estimate of drug-likeness (QED) is 0.898. The fourth-order valence-corrected chi connectivity index (χ4v) is 2.81. The van der Waals surface area contributed by atoms with Crippen LogP contribution in [0.25, 0.3) is 0 Å². The third-order valence-electron chi connectivity index (χ3n) is 4.38. The van der Waals surface area contributed by atoms with Crippen LogP contribution in [0.2, 0.25) is 0 Å². The number of amides is 1. The molecular weight excluding hydrogens is 284 g/mol. The summed E-state index contributed by atoms with van der Waals surface area (Å²) in [5, 5.41) is 3.10. The average Bonchev–Trinajstić information content (AvgIpc) is 2.83. The highest BCUT2D eigenvalue weighted by atomic mass is 35.5. The average molecular weight is 311 g/mol. The second-order valence-corrected chi connectivity index (χ2v) is 6.74. The van der Waals surface area contributed by atoms with Gasteiger partial charge in [-0.15, -0.1) is 12.4 Å². The molecule has 2 atom stereocenters. The summed E-state index contributed by atoms with van der Waals surface area (Å²) < 4.78 is 0. The molecule has 21 heavy (non-hydrogen) atoms. The molecule has 1 aliphatic rings. The third kappa shape index (κ3) is 4.72. The Morgan fingerprint density at radius 1 is 1.29 bits per heavy atom. The molecule has 2 unspecified atom stereocenters. The summed E-state index contributed by atoms with van der Waals surface area (Å²) >= 11 is 0. The van der Waals surface area contributed by atoms with Crippen LogP contribution in [0.3, 0.4) is 0 Å². The minimum atomic E-state index is -0.0515. The Morgan fingerprint density at radius 3 is 2.43 bits per heavy atom. The lowest BCUT2D eigenvalue weighted by Gasteiger charge is -2.26. The van der Waals surface area contributed by atoms with E-state index in [0.29, 0.717) is 6.54 Å². The zero-order valence-corrected chi connectivity index (χ0v) is 14.0. The van der Waals surface area contributed by atoms with Crippen molar-refractivity contribution in [3.8, 4) is 0 Å². The monoisotopic (exact) mass is 310 g/mol.